The average Bonchev–Trinajstić information content (AvgIpc) is 2.95. The highest BCUT2D eigenvalue weighted by Gasteiger charge is 2.27. The molecule has 4 rings (SSSR count). The van der Waals surface area contributed by atoms with Gasteiger partial charge in [-0.3, -0.25) is 0 Å². The Morgan fingerprint density at radius 2 is 1.54 bits per heavy atom. The van der Waals surface area contributed by atoms with Gasteiger partial charge in [0.05, 0.1) is 12.6 Å². The molecule has 2 heteroatoms. The molecule has 0 aliphatic carbocycles. The van der Waals surface area contributed by atoms with Gasteiger partial charge in [0, 0.05) is 0 Å². The number of benzene rings is 3. The molecule has 0 bridgehead atoms. The molecule has 26 heavy (non-hydrogen) atoms. The molecule has 0 N–H and O–H groups in total. The summed E-state index contributed by atoms with van der Waals surface area (Å²) in [5.41, 5.74) is 7.61. The van der Waals surface area contributed by atoms with Crippen molar-refractivity contribution in [3.63, 3.8) is 0 Å². The second kappa shape index (κ2) is 6.45. The van der Waals surface area contributed by atoms with Crippen molar-refractivity contribution in [3.05, 3.63) is 83.9 Å². The summed E-state index contributed by atoms with van der Waals surface area (Å²) < 4.78 is 4.71. The first-order chi connectivity index (χ1) is 12.6. The lowest BCUT2D eigenvalue weighted by Crippen LogP contribution is -2.30. The van der Waals surface area contributed by atoms with Crippen LogP contribution in [0.3, 0.4) is 0 Å². The van der Waals surface area contributed by atoms with Gasteiger partial charge >= 0.3 is 0 Å². The van der Waals surface area contributed by atoms with Gasteiger partial charge in [0.15, 0.2) is 11.0 Å². The minimum absolute atomic E-state index is 0.515. The Balaban J connectivity index is 2.12. The van der Waals surface area contributed by atoms with Gasteiger partial charge < -0.3 is 0 Å². The van der Waals surface area contributed by atoms with Crippen LogP contribution in [0, 0.1) is 6.92 Å². The van der Waals surface area contributed by atoms with E-state index in [9.17, 15) is 0 Å². The largest absolute Gasteiger partial charge is 0.295 e. The molecule has 0 spiro atoms. The minimum Gasteiger partial charge on any atom is -0.225 e. The standard InChI is InChI=1S/C24H25N2/c1-17(2)19-14-15-22-23(16-19)25(4)24(21-13-9-8-10-18(21)3)26(22)20-11-6-5-7-12-20/h5-17H,1-4H3/q+1. The zero-order valence-electron chi connectivity index (χ0n) is 15.9. The van der Waals surface area contributed by atoms with Gasteiger partial charge in [0.1, 0.15) is 5.69 Å². The summed E-state index contributed by atoms with van der Waals surface area (Å²) in [6.07, 6.45) is 0. The summed E-state index contributed by atoms with van der Waals surface area (Å²) in [4.78, 5) is 0. The molecule has 0 fully saturated rings. The highest BCUT2D eigenvalue weighted by molar-refractivity contribution is 5.80. The Labute approximate surface area is 155 Å². The number of aryl methyl sites for hydroxylation is 2. The smallest absolute Gasteiger partial charge is 0.225 e. The Morgan fingerprint density at radius 1 is 0.846 bits per heavy atom. The van der Waals surface area contributed by atoms with Crippen molar-refractivity contribution in [3.8, 4) is 17.1 Å². The van der Waals surface area contributed by atoms with Crippen LogP contribution in [-0.4, -0.2) is 4.57 Å². The van der Waals surface area contributed by atoms with E-state index in [0.29, 0.717) is 5.92 Å². The lowest BCUT2D eigenvalue weighted by atomic mass is 10.0. The van der Waals surface area contributed by atoms with E-state index in [1.165, 1.54) is 39.2 Å². The fourth-order valence-electron chi connectivity index (χ4n) is 3.70. The fourth-order valence-corrected chi connectivity index (χ4v) is 3.70. The summed E-state index contributed by atoms with van der Waals surface area (Å²) >= 11 is 0. The molecular formula is C24H25N2+. The molecule has 0 atom stereocenters. The molecule has 0 aliphatic heterocycles. The predicted molar refractivity (Wildman–Crippen MR) is 109 cm³/mol. The molecule has 0 amide bonds. The van der Waals surface area contributed by atoms with Crippen LogP contribution >= 0.6 is 0 Å². The van der Waals surface area contributed by atoms with Gasteiger partial charge in [-0.1, -0.05) is 56.3 Å². The molecule has 0 unspecified atom stereocenters. The van der Waals surface area contributed by atoms with Crippen molar-refractivity contribution in [2.45, 2.75) is 26.7 Å². The Morgan fingerprint density at radius 3 is 2.23 bits per heavy atom. The maximum absolute atomic E-state index is 2.38. The van der Waals surface area contributed by atoms with Crippen LogP contribution in [0.4, 0.5) is 0 Å². The molecule has 0 saturated carbocycles. The number of rotatable bonds is 3. The van der Waals surface area contributed by atoms with Crippen molar-refractivity contribution in [2.24, 2.45) is 7.05 Å². The molecule has 0 saturated heterocycles. The molecule has 4 aromatic rings. The maximum Gasteiger partial charge on any atom is 0.295 e. The minimum atomic E-state index is 0.515. The van der Waals surface area contributed by atoms with Gasteiger partial charge in [-0.25, -0.2) is 4.57 Å². The number of hydrogen-bond donors (Lipinski definition) is 0. The Bertz CT molecular complexity index is 1070. The van der Waals surface area contributed by atoms with Gasteiger partial charge in [-0.05, 0) is 54.3 Å². The number of nitrogens with zero attached hydrogens (tertiary/aromatic N) is 2. The van der Waals surface area contributed by atoms with Gasteiger partial charge in [-0.2, -0.15) is 4.57 Å². The highest BCUT2D eigenvalue weighted by atomic mass is 15.2. The summed E-state index contributed by atoms with van der Waals surface area (Å²) in [7, 11) is 2.17. The molecule has 3 aromatic carbocycles. The van der Waals surface area contributed by atoms with Crippen LogP contribution in [0.1, 0.15) is 30.9 Å². The molecule has 0 aliphatic rings. The molecule has 0 radical (unpaired) electrons. The quantitative estimate of drug-likeness (QED) is 0.432. The first-order valence-electron chi connectivity index (χ1n) is 9.23. The topological polar surface area (TPSA) is 8.81 Å². The third-order valence-corrected chi connectivity index (χ3v) is 5.20. The van der Waals surface area contributed by atoms with Crippen molar-refractivity contribution in [1.29, 1.82) is 0 Å². The van der Waals surface area contributed by atoms with Gasteiger partial charge in [0.2, 0.25) is 0 Å². The van der Waals surface area contributed by atoms with Crippen LogP contribution in [-0.2, 0) is 7.05 Å². The first-order valence-corrected chi connectivity index (χ1v) is 9.23. The Kier molecular flexibility index (Phi) is 4.12. The zero-order valence-corrected chi connectivity index (χ0v) is 15.9. The van der Waals surface area contributed by atoms with Crippen LogP contribution in [0.5, 0.6) is 0 Å². The third kappa shape index (κ3) is 2.62. The molecule has 1 heterocycles. The van der Waals surface area contributed by atoms with Crippen molar-refractivity contribution in [1.82, 2.24) is 4.57 Å². The SMILES string of the molecule is Cc1ccccc1-c1n(-c2ccccc2)c2ccc(C(C)C)cc2[n+]1C. The summed E-state index contributed by atoms with van der Waals surface area (Å²) in [5.74, 6) is 1.73. The lowest BCUT2D eigenvalue weighted by Gasteiger charge is -2.06. The predicted octanol–water partition coefficient (Wildman–Crippen LogP) is 5.55. The summed E-state index contributed by atoms with van der Waals surface area (Å²) in [5, 5.41) is 0. The number of hydrogen-bond acceptors (Lipinski definition) is 0. The van der Waals surface area contributed by atoms with E-state index in [0.717, 1.165) is 0 Å². The normalized spacial score (nSPS) is 11.4. The van der Waals surface area contributed by atoms with Crippen molar-refractivity contribution in [2.75, 3.05) is 0 Å². The van der Waals surface area contributed by atoms with Gasteiger partial charge in [-0.15, -0.1) is 0 Å². The van der Waals surface area contributed by atoms with Crippen LogP contribution in [0.2, 0.25) is 0 Å². The van der Waals surface area contributed by atoms with E-state index in [-0.39, 0.29) is 0 Å². The van der Waals surface area contributed by atoms with E-state index in [4.69, 9.17) is 0 Å². The number of imidazole rings is 1. The maximum atomic E-state index is 2.38. The van der Waals surface area contributed by atoms with Crippen LogP contribution in [0.25, 0.3) is 28.1 Å². The lowest BCUT2D eigenvalue weighted by molar-refractivity contribution is -0.633. The summed E-state index contributed by atoms with van der Waals surface area (Å²) in [6, 6.07) is 26.1. The van der Waals surface area contributed by atoms with E-state index < -0.39 is 0 Å². The second-order valence-corrected chi connectivity index (χ2v) is 7.27. The monoisotopic (exact) mass is 341 g/mol. The van der Waals surface area contributed by atoms with Gasteiger partial charge in [0.25, 0.3) is 5.82 Å². The number of fused-ring (bicyclic) bond motifs is 1. The molecular weight excluding hydrogens is 316 g/mol. The second-order valence-electron chi connectivity index (χ2n) is 7.27. The molecule has 2 nitrogen and oxygen atoms in total. The van der Waals surface area contributed by atoms with E-state index in [1.54, 1.807) is 0 Å². The Hall–Kier alpha value is -2.87. The van der Waals surface area contributed by atoms with E-state index in [2.05, 4.69) is 110 Å². The fraction of sp³-hybridized carbons (Fsp3) is 0.208. The number of para-hydroxylation sites is 1. The first kappa shape index (κ1) is 16.6. The third-order valence-electron chi connectivity index (χ3n) is 5.20. The van der Waals surface area contributed by atoms with Crippen molar-refractivity contribution >= 4 is 11.0 Å². The zero-order chi connectivity index (χ0) is 18.3. The summed E-state index contributed by atoms with van der Waals surface area (Å²) in [6.45, 7) is 6.68. The molecule has 130 valence electrons. The highest BCUT2D eigenvalue weighted by Crippen LogP contribution is 2.30. The average molecular weight is 341 g/mol. The van der Waals surface area contributed by atoms with Crippen molar-refractivity contribution < 1.29 is 4.57 Å². The van der Waals surface area contributed by atoms with E-state index in [1.807, 2.05) is 0 Å². The molecule has 1 aromatic heterocycles. The van der Waals surface area contributed by atoms with E-state index >= 15 is 0 Å². The van der Waals surface area contributed by atoms with Crippen LogP contribution < -0.4 is 4.57 Å². The van der Waals surface area contributed by atoms with Crippen LogP contribution in [0.15, 0.2) is 72.8 Å². The number of aromatic nitrogens is 2.